The smallest absolute Gasteiger partial charge is 0.329 e. The van der Waals surface area contributed by atoms with Crippen LogP contribution in [0.3, 0.4) is 0 Å². The van der Waals surface area contributed by atoms with Crippen LogP contribution >= 0.6 is 0 Å². The highest BCUT2D eigenvalue weighted by Crippen LogP contribution is 2.09. The summed E-state index contributed by atoms with van der Waals surface area (Å²) in [5, 5.41) is 10.9. The van der Waals surface area contributed by atoms with E-state index in [4.69, 9.17) is 5.11 Å². The lowest BCUT2D eigenvalue weighted by atomic mass is 10.3. The van der Waals surface area contributed by atoms with Crippen LogP contribution in [0, 0.1) is 6.92 Å². The maximum atomic E-state index is 11.3. The van der Waals surface area contributed by atoms with Crippen LogP contribution in [0.25, 0.3) is 0 Å². The number of amides is 1. The molecule has 1 heterocycles. The van der Waals surface area contributed by atoms with Crippen molar-refractivity contribution in [2.45, 2.75) is 6.92 Å². The second-order valence-corrected chi connectivity index (χ2v) is 3.07. The molecule has 1 rings (SSSR count). The average molecular weight is 224 g/mol. The Morgan fingerprint density at radius 2 is 2.25 bits per heavy atom. The molecule has 0 spiro atoms. The van der Waals surface area contributed by atoms with E-state index in [1.807, 2.05) is 0 Å². The van der Waals surface area contributed by atoms with Crippen LogP contribution in [0.4, 0.5) is 5.69 Å². The average Bonchev–Trinajstić information content (AvgIpc) is 2.21. The van der Waals surface area contributed by atoms with Crippen molar-refractivity contribution >= 4 is 17.6 Å². The summed E-state index contributed by atoms with van der Waals surface area (Å²) in [5.74, 6) is -1.51. The fourth-order valence-electron chi connectivity index (χ4n) is 1.03. The van der Waals surface area contributed by atoms with Crippen molar-refractivity contribution in [3.63, 3.8) is 0 Å². The summed E-state index contributed by atoms with van der Waals surface area (Å²) in [6, 6.07) is 3.40. The summed E-state index contributed by atoms with van der Waals surface area (Å²) in [6.45, 7) is 0.980. The van der Waals surface area contributed by atoms with Gasteiger partial charge in [-0.2, -0.15) is 0 Å². The molecule has 1 aromatic rings. The number of aromatic nitrogens is 1. The molecule has 0 atom stereocenters. The first kappa shape index (κ1) is 12.1. The van der Waals surface area contributed by atoms with Crippen molar-refractivity contribution in [3.8, 4) is 0 Å². The Morgan fingerprint density at radius 3 is 2.88 bits per heavy atom. The number of hydrogen-bond donors (Lipinski definition) is 2. The minimum Gasteiger partial charge on any atom is -0.480 e. The van der Waals surface area contributed by atoms with Crippen LogP contribution in [0.2, 0.25) is 0 Å². The molecule has 0 aliphatic carbocycles. The summed E-state index contributed by atoms with van der Waals surface area (Å²) in [6.07, 6.45) is 1.62. The maximum absolute atomic E-state index is 11.3. The van der Waals surface area contributed by atoms with E-state index in [0.717, 1.165) is 0 Å². The minimum absolute atomic E-state index is 0.291. The molecule has 0 saturated carbocycles. The van der Waals surface area contributed by atoms with Crippen LogP contribution in [0.5, 0.6) is 0 Å². The fraction of sp³-hybridized carbons (Fsp3) is 0.300. The van der Waals surface area contributed by atoms with E-state index < -0.39 is 18.5 Å². The number of rotatable bonds is 5. The summed E-state index contributed by atoms with van der Waals surface area (Å²) < 4.78 is 4.64. The van der Waals surface area contributed by atoms with Crippen LogP contribution in [0.1, 0.15) is 5.69 Å². The number of aryl methyl sites for hydroxylation is 1. The standard InChI is InChI=1S/C10H12N2O4/c1-7-8(3-2-4-11-7)12-9(13)5-16-6-10(14)15/h2-4H,5-6H2,1H3,(H,12,13)(H,14,15). The second-order valence-electron chi connectivity index (χ2n) is 3.07. The number of nitrogens with one attached hydrogen (secondary N) is 1. The molecule has 0 bridgehead atoms. The number of ether oxygens (including phenoxy) is 1. The molecule has 0 aliphatic heterocycles. The van der Waals surface area contributed by atoms with Gasteiger partial charge in [0, 0.05) is 6.20 Å². The molecule has 0 radical (unpaired) electrons. The van der Waals surface area contributed by atoms with Crippen LogP contribution < -0.4 is 5.32 Å². The zero-order valence-corrected chi connectivity index (χ0v) is 8.77. The topological polar surface area (TPSA) is 88.5 Å². The van der Waals surface area contributed by atoms with Gasteiger partial charge in [-0.15, -0.1) is 0 Å². The highest BCUT2D eigenvalue weighted by atomic mass is 16.5. The largest absolute Gasteiger partial charge is 0.480 e. The van der Waals surface area contributed by atoms with Gasteiger partial charge in [0.05, 0.1) is 11.4 Å². The lowest BCUT2D eigenvalue weighted by Gasteiger charge is -2.06. The Labute approximate surface area is 92.3 Å². The van der Waals surface area contributed by atoms with E-state index in [0.29, 0.717) is 11.4 Å². The van der Waals surface area contributed by atoms with Crippen LogP contribution in [-0.4, -0.2) is 35.2 Å². The third kappa shape index (κ3) is 4.05. The Balaban J connectivity index is 2.40. The van der Waals surface area contributed by atoms with E-state index in [-0.39, 0.29) is 6.61 Å². The second kappa shape index (κ2) is 5.82. The van der Waals surface area contributed by atoms with Gasteiger partial charge in [0.1, 0.15) is 13.2 Å². The van der Waals surface area contributed by atoms with Gasteiger partial charge in [-0.1, -0.05) is 0 Å². The quantitative estimate of drug-likeness (QED) is 0.757. The summed E-state index contributed by atoms with van der Waals surface area (Å²) in [7, 11) is 0. The number of pyridine rings is 1. The van der Waals surface area contributed by atoms with E-state index in [1.165, 1.54) is 0 Å². The Kier molecular flexibility index (Phi) is 4.41. The molecule has 0 saturated heterocycles. The fourth-order valence-corrected chi connectivity index (χ4v) is 1.03. The summed E-state index contributed by atoms with van der Waals surface area (Å²) >= 11 is 0. The van der Waals surface area contributed by atoms with E-state index in [2.05, 4.69) is 15.0 Å². The first-order valence-electron chi connectivity index (χ1n) is 4.60. The summed E-state index contributed by atoms with van der Waals surface area (Å²) in [5.41, 5.74) is 1.28. The Hall–Kier alpha value is -1.95. The number of hydrogen-bond acceptors (Lipinski definition) is 4. The third-order valence-corrected chi connectivity index (χ3v) is 1.74. The molecule has 0 unspecified atom stereocenters. The number of anilines is 1. The van der Waals surface area contributed by atoms with Crippen molar-refractivity contribution in [2.75, 3.05) is 18.5 Å². The van der Waals surface area contributed by atoms with E-state index in [9.17, 15) is 9.59 Å². The van der Waals surface area contributed by atoms with Crippen molar-refractivity contribution in [1.82, 2.24) is 4.98 Å². The first-order valence-corrected chi connectivity index (χ1v) is 4.60. The molecule has 0 aliphatic rings. The van der Waals surface area contributed by atoms with Gasteiger partial charge < -0.3 is 15.2 Å². The molecule has 86 valence electrons. The number of carbonyl (C=O) groups is 2. The number of carbonyl (C=O) groups excluding carboxylic acids is 1. The molecule has 0 fully saturated rings. The van der Waals surface area contributed by atoms with Crippen LogP contribution in [-0.2, 0) is 14.3 Å². The molecular formula is C10H12N2O4. The first-order chi connectivity index (χ1) is 7.59. The van der Waals surface area contributed by atoms with Gasteiger partial charge in [0.2, 0.25) is 5.91 Å². The summed E-state index contributed by atoms with van der Waals surface area (Å²) in [4.78, 5) is 25.4. The van der Waals surface area contributed by atoms with E-state index >= 15 is 0 Å². The molecule has 0 aromatic carbocycles. The normalized spacial score (nSPS) is 9.81. The van der Waals surface area contributed by atoms with Gasteiger partial charge in [-0.3, -0.25) is 9.78 Å². The highest BCUT2D eigenvalue weighted by molar-refractivity contribution is 5.92. The van der Waals surface area contributed by atoms with Gasteiger partial charge in [-0.25, -0.2) is 4.79 Å². The number of nitrogens with zero attached hydrogens (tertiary/aromatic N) is 1. The molecule has 2 N–H and O–H groups in total. The molecule has 1 amide bonds. The third-order valence-electron chi connectivity index (χ3n) is 1.74. The number of carboxylic acids is 1. The Bertz CT molecular complexity index is 392. The van der Waals surface area contributed by atoms with Crippen molar-refractivity contribution in [3.05, 3.63) is 24.0 Å². The zero-order valence-electron chi connectivity index (χ0n) is 8.77. The van der Waals surface area contributed by atoms with Gasteiger partial charge in [-0.05, 0) is 19.1 Å². The van der Waals surface area contributed by atoms with Crippen LogP contribution in [0.15, 0.2) is 18.3 Å². The molecule has 6 heteroatoms. The molecule has 16 heavy (non-hydrogen) atoms. The molecule has 1 aromatic heterocycles. The van der Waals surface area contributed by atoms with Crippen molar-refractivity contribution in [2.24, 2.45) is 0 Å². The predicted molar refractivity (Wildman–Crippen MR) is 56.1 cm³/mol. The SMILES string of the molecule is Cc1ncccc1NC(=O)COCC(=O)O. The monoisotopic (exact) mass is 224 g/mol. The minimum atomic E-state index is -1.11. The van der Waals surface area contributed by atoms with Crippen molar-refractivity contribution < 1.29 is 19.4 Å². The van der Waals surface area contributed by atoms with Gasteiger partial charge in [0.15, 0.2) is 0 Å². The Morgan fingerprint density at radius 1 is 1.50 bits per heavy atom. The van der Waals surface area contributed by atoms with E-state index in [1.54, 1.807) is 25.3 Å². The number of carboxylic acid groups (broad SMARTS) is 1. The maximum Gasteiger partial charge on any atom is 0.329 e. The lowest BCUT2D eigenvalue weighted by Crippen LogP contribution is -2.21. The highest BCUT2D eigenvalue weighted by Gasteiger charge is 2.06. The lowest BCUT2D eigenvalue weighted by molar-refractivity contribution is -0.143. The predicted octanol–water partition coefficient (Wildman–Crippen LogP) is 0.430. The van der Waals surface area contributed by atoms with Gasteiger partial charge >= 0.3 is 5.97 Å². The molecular weight excluding hydrogens is 212 g/mol. The zero-order chi connectivity index (χ0) is 12.0. The van der Waals surface area contributed by atoms with Gasteiger partial charge in [0.25, 0.3) is 0 Å². The number of aliphatic carboxylic acids is 1. The van der Waals surface area contributed by atoms with Crippen molar-refractivity contribution in [1.29, 1.82) is 0 Å². The molecule has 6 nitrogen and oxygen atoms in total.